The van der Waals surface area contributed by atoms with Gasteiger partial charge in [0.25, 0.3) is 5.91 Å². The van der Waals surface area contributed by atoms with Crippen molar-refractivity contribution in [1.29, 1.82) is 0 Å². The largest absolute Gasteiger partial charge is 0.422 e. The van der Waals surface area contributed by atoms with Crippen molar-refractivity contribution >= 4 is 44.1 Å². The van der Waals surface area contributed by atoms with Gasteiger partial charge in [0.15, 0.2) is 5.13 Å². The van der Waals surface area contributed by atoms with Gasteiger partial charge >= 0.3 is 5.63 Å². The molecule has 5 aromatic rings. The van der Waals surface area contributed by atoms with E-state index in [1.165, 1.54) is 11.3 Å². The molecule has 140 valence electrons. The quantitative estimate of drug-likeness (QED) is 0.330. The molecule has 5 nitrogen and oxygen atoms in total. The van der Waals surface area contributed by atoms with E-state index in [0.717, 1.165) is 27.4 Å². The summed E-state index contributed by atoms with van der Waals surface area (Å²) < 4.78 is 5.40. The minimum absolute atomic E-state index is 0.0506. The number of carbonyl (C=O) groups is 1. The number of amides is 1. The summed E-state index contributed by atoms with van der Waals surface area (Å²) in [5, 5.41) is 7.64. The molecule has 0 radical (unpaired) electrons. The van der Waals surface area contributed by atoms with Crippen LogP contribution in [0, 0.1) is 0 Å². The number of hydrogen-bond donors (Lipinski definition) is 1. The third-order valence-corrected chi connectivity index (χ3v) is 5.44. The van der Waals surface area contributed by atoms with E-state index in [9.17, 15) is 9.59 Å². The summed E-state index contributed by atoms with van der Waals surface area (Å²) in [6.07, 6.45) is 0. The van der Waals surface area contributed by atoms with Crippen molar-refractivity contribution in [3.05, 3.63) is 94.2 Å². The minimum atomic E-state index is -0.676. The fourth-order valence-corrected chi connectivity index (χ4v) is 3.98. The van der Waals surface area contributed by atoms with Gasteiger partial charge < -0.3 is 4.42 Å². The first kappa shape index (κ1) is 17.3. The van der Waals surface area contributed by atoms with Gasteiger partial charge in [-0.1, -0.05) is 60.7 Å². The van der Waals surface area contributed by atoms with Crippen LogP contribution in [0.25, 0.3) is 33.0 Å². The van der Waals surface area contributed by atoms with Gasteiger partial charge in [0.05, 0.1) is 5.69 Å². The average Bonchev–Trinajstić information content (AvgIpc) is 3.22. The van der Waals surface area contributed by atoms with E-state index < -0.39 is 11.5 Å². The number of fused-ring (bicyclic) bond motifs is 3. The van der Waals surface area contributed by atoms with Gasteiger partial charge in [0, 0.05) is 16.3 Å². The third kappa shape index (κ3) is 3.19. The number of carbonyl (C=O) groups excluding carboxylic acids is 1. The first-order valence-corrected chi connectivity index (χ1v) is 9.85. The lowest BCUT2D eigenvalue weighted by Gasteiger charge is -2.05. The number of hydrogen-bond acceptors (Lipinski definition) is 5. The van der Waals surface area contributed by atoms with Gasteiger partial charge in [-0.15, -0.1) is 11.3 Å². The Labute approximate surface area is 169 Å². The van der Waals surface area contributed by atoms with E-state index in [4.69, 9.17) is 4.42 Å². The first-order valence-electron chi connectivity index (χ1n) is 8.97. The second-order valence-electron chi connectivity index (χ2n) is 6.50. The maximum absolute atomic E-state index is 12.8. The number of benzene rings is 3. The highest BCUT2D eigenvalue weighted by Gasteiger charge is 2.17. The van der Waals surface area contributed by atoms with Gasteiger partial charge in [0.2, 0.25) is 0 Å². The molecule has 0 bridgehead atoms. The molecule has 0 atom stereocenters. The molecular formula is C23H14N2O3S. The Hall–Kier alpha value is -3.77. The second-order valence-corrected chi connectivity index (χ2v) is 7.36. The van der Waals surface area contributed by atoms with Crippen molar-refractivity contribution in [3.63, 3.8) is 0 Å². The molecule has 6 heteroatoms. The highest BCUT2D eigenvalue weighted by atomic mass is 32.1. The molecule has 1 amide bonds. The van der Waals surface area contributed by atoms with Crippen LogP contribution in [0.3, 0.4) is 0 Å². The van der Waals surface area contributed by atoms with Crippen LogP contribution in [-0.2, 0) is 0 Å². The molecule has 0 aliphatic rings. The number of aromatic nitrogens is 1. The van der Waals surface area contributed by atoms with Crippen molar-refractivity contribution in [3.8, 4) is 11.3 Å². The number of anilines is 1. The van der Waals surface area contributed by atoms with Crippen LogP contribution < -0.4 is 10.9 Å². The Morgan fingerprint density at radius 2 is 1.72 bits per heavy atom. The van der Waals surface area contributed by atoms with Gasteiger partial charge in [0.1, 0.15) is 11.1 Å². The molecule has 1 N–H and O–H groups in total. The Morgan fingerprint density at radius 3 is 2.59 bits per heavy atom. The molecule has 2 aromatic heterocycles. The third-order valence-electron chi connectivity index (χ3n) is 4.68. The van der Waals surface area contributed by atoms with Crippen LogP contribution in [-0.4, -0.2) is 10.9 Å². The number of rotatable bonds is 3. The summed E-state index contributed by atoms with van der Waals surface area (Å²) in [4.78, 5) is 29.6. The standard InChI is InChI=1S/C23H14N2O3S/c26-21(25-23-24-19(13-29-23)15-7-2-1-3-8-15)18-12-17-16-9-5-4-6-14(16)10-11-20(17)28-22(18)27/h1-13H,(H,24,25,26). The number of nitrogens with one attached hydrogen (secondary N) is 1. The zero-order valence-corrected chi connectivity index (χ0v) is 15.9. The molecule has 0 saturated heterocycles. The van der Waals surface area contributed by atoms with Crippen LogP contribution in [0.4, 0.5) is 5.13 Å². The molecule has 0 unspecified atom stereocenters. The normalized spacial score (nSPS) is 11.0. The SMILES string of the molecule is O=C(Nc1nc(-c2ccccc2)cs1)c1cc2c(ccc3ccccc32)oc1=O. The van der Waals surface area contributed by atoms with Crippen molar-refractivity contribution in [2.45, 2.75) is 0 Å². The lowest BCUT2D eigenvalue weighted by molar-refractivity contribution is 0.102. The zero-order valence-electron chi connectivity index (χ0n) is 15.1. The van der Waals surface area contributed by atoms with Crippen LogP contribution in [0.1, 0.15) is 10.4 Å². The molecule has 2 heterocycles. The topological polar surface area (TPSA) is 72.2 Å². The number of thiazole rings is 1. The molecule has 0 spiro atoms. The van der Waals surface area contributed by atoms with Gasteiger partial charge in [-0.25, -0.2) is 9.78 Å². The fraction of sp³-hybridized carbons (Fsp3) is 0. The summed E-state index contributed by atoms with van der Waals surface area (Å²) in [5.74, 6) is -0.539. The van der Waals surface area contributed by atoms with Gasteiger partial charge in [-0.05, 0) is 22.9 Å². The fourth-order valence-electron chi connectivity index (χ4n) is 3.27. The highest BCUT2D eigenvalue weighted by Crippen LogP contribution is 2.27. The van der Waals surface area contributed by atoms with E-state index in [1.807, 2.05) is 66.0 Å². The van der Waals surface area contributed by atoms with Gasteiger partial charge in [-0.3, -0.25) is 10.1 Å². The van der Waals surface area contributed by atoms with Crippen molar-refractivity contribution < 1.29 is 9.21 Å². The monoisotopic (exact) mass is 398 g/mol. The Morgan fingerprint density at radius 1 is 0.931 bits per heavy atom. The maximum atomic E-state index is 12.8. The van der Waals surface area contributed by atoms with E-state index in [-0.39, 0.29) is 5.56 Å². The summed E-state index contributed by atoms with van der Waals surface area (Å²) in [7, 11) is 0. The molecule has 5 rings (SSSR count). The zero-order chi connectivity index (χ0) is 19.8. The Kier molecular flexibility index (Phi) is 4.18. The first-order chi connectivity index (χ1) is 14.2. The van der Waals surface area contributed by atoms with E-state index in [1.54, 1.807) is 12.1 Å². The molecule has 29 heavy (non-hydrogen) atoms. The number of nitrogens with zero attached hydrogens (tertiary/aromatic N) is 1. The van der Waals surface area contributed by atoms with E-state index in [0.29, 0.717) is 10.7 Å². The lowest BCUT2D eigenvalue weighted by atomic mass is 10.0. The summed E-state index contributed by atoms with van der Waals surface area (Å²) in [6, 6.07) is 22.7. The molecule has 0 saturated carbocycles. The predicted molar refractivity (Wildman–Crippen MR) is 115 cm³/mol. The predicted octanol–water partition coefficient (Wildman–Crippen LogP) is 5.32. The summed E-state index contributed by atoms with van der Waals surface area (Å²) in [5.41, 5.74) is 1.45. The molecule has 0 fully saturated rings. The van der Waals surface area contributed by atoms with Gasteiger partial charge in [-0.2, -0.15) is 0 Å². The molecule has 0 aliphatic carbocycles. The minimum Gasteiger partial charge on any atom is -0.422 e. The van der Waals surface area contributed by atoms with Crippen LogP contribution in [0.5, 0.6) is 0 Å². The molecule has 0 aliphatic heterocycles. The lowest BCUT2D eigenvalue weighted by Crippen LogP contribution is -2.20. The highest BCUT2D eigenvalue weighted by molar-refractivity contribution is 7.14. The summed E-state index contributed by atoms with van der Waals surface area (Å²) >= 11 is 1.30. The van der Waals surface area contributed by atoms with Crippen molar-refractivity contribution in [2.24, 2.45) is 0 Å². The van der Waals surface area contributed by atoms with E-state index in [2.05, 4.69) is 10.3 Å². The summed E-state index contributed by atoms with van der Waals surface area (Å²) in [6.45, 7) is 0. The van der Waals surface area contributed by atoms with Crippen LogP contribution >= 0.6 is 11.3 Å². The maximum Gasteiger partial charge on any atom is 0.349 e. The van der Waals surface area contributed by atoms with Crippen molar-refractivity contribution in [1.82, 2.24) is 4.98 Å². The molecule has 3 aromatic carbocycles. The van der Waals surface area contributed by atoms with Crippen LogP contribution in [0.2, 0.25) is 0 Å². The van der Waals surface area contributed by atoms with E-state index >= 15 is 0 Å². The average molecular weight is 398 g/mol. The van der Waals surface area contributed by atoms with Crippen molar-refractivity contribution in [2.75, 3.05) is 5.32 Å². The van der Waals surface area contributed by atoms with Crippen LogP contribution in [0.15, 0.2) is 87.4 Å². The second kappa shape index (κ2) is 7.00. The Bertz CT molecular complexity index is 1420. The molecular weight excluding hydrogens is 384 g/mol. The Balaban J connectivity index is 1.51. The smallest absolute Gasteiger partial charge is 0.349 e.